The Morgan fingerprint density at radius 2 is 2.44 bits per heavy atom. The van der Waals surface area contributed by atoms with Crippen molar-refractivity contribution in [3.05, 3.63) is 41.4 Å². The fourth-order valence-electron chi connectivity index (χ4n) is 2.94. The number of carbonyl (C=O) groups is 1. The van der Waals surface area contributed by atoms with Gasteiger partial charge in [-0.25, -0.2) is 0 Å². The van der Waals surface area contributed by atoms with Crippen molar-refractivity contribution in [2.24, 2.45) is 4.99 Å². The Hall–Kier alpha value is -1.75. The number of H-pyrrole nitrogens is 1. The summed E-state index contributed by atoms with van der Waals surface area (Å²) in [6.07, 6.45) is 8.31. The zero-order chi connectivity index (χ0) is 12.3. The maximum Gasteiger partial charge on any atom is 0.317 e. The van der Waals surface area contributed by atoms with Gasteiger partial charge in [0.25, 0.3) is 0 Å². The molecule has 1 saturated heterocycles. The summed E-state index contributed by atoms with van der Waals surface area (Å²) in [7, 11) is 0. The molecule has 2 atom stereocenters. The summed E-state index contributed by atoms with van der Waals surface area (Å²) in [5.41, 5.74) is 4.26. The maximum atomic E-state index is 11.2. The molecule has 3 heterocycles. The van der Waals surface area contributed by atoms with Gasteiger partial charge in [0.2, 0.25) is 0 Å². The van der Waals surface area contributed by atoms with Crippen molar-refractivity contribution < 1.29 is 9.90 Å². The van der Waals surface area contributed by atoms with Gasteiger partial charge >= 0.3 is 5.97 Å². The van der Waals surface area contributed by atoms with E-state index in [4.69, 9.17) is 0 Å². The molecule has 2 N–H and O–H groups in total. The number of allylic oxidation sites excluding steroid dienone is 1. The van der Waals surface area contributed by atoms with Crippen molar-refractivity contribution in [3.63, 3.8) is 0 Å². The smallest absolute Gasteiger partial charge is 0.317 e. The van der Waals surface area contributed by atoms with Crippen LogP contribution in [-0.4, -0.2) is 27.0 Å². The van der Waals surface area contributed by atoms with E-state index >= 15 is 0 Å². The molecule has 1 spiro atoms. The van der Waals surface area contributed by atoms with Crippen LogP contribution in [0.25, 0.3) is 6.08 Å². The highest BCUT2D eigenvalue weighted by atomic mass is 32.2. The highest BCUT2D eigenvalue weighted by molar-refractivity contribution is 8.02. The van der Waals surface area contributed by atoms with E-state index in [0.29, 0.717) is 6.42 Å². The van der Waals surface area contributed by atoms with E-state index in [1.165, 1.54) is 11.8 Å². The Bertz CT molecular complexity index is 656. The van der Waals surface area contributed by atoms with Gasteiger partial charge in [-0.1, -0.05) is 0 Å². The molecule has 0 bridgehead atoms. The summed E-state index contributed by atoms with van der Waals surface area (Å²) >= 11 is 1.50. The summed E-state index contributed by atoms with van der Waals surface area (Å²) in [6, 6.07) is 2.03. The number of nitrogens with one attached hydrogen (secondary N) is 1. The largest absolute Gasteiger partial charge is 0.480 e. The third-order valence-corrected chi connectivity index (χ3v) is 5.44. The van der Waals surface area contributed by atoms with Crippen molar-refractivity contribution in [1.82, 2.24) is 4.98 Å². The molecule has 1 aromatic rings. The molecule has 5 heteroatoms. The molecule has 0 saturated carbocycles. The minimum absolute atomic E-state index is 0.354. The van der Waals surface area contributed by atoms with E-state index in [9.17, 15) is 9.90 Å². The third-order valence-electron chi connectivity index (χ3n) is 3.74. The number of aromatic amines is 1. The Morgan fingerprint density at radius 3 is 3.28 bits per heavy atom. The van der Waals surface area contributed by atoms with Gasteiger partial charge < -0.3 is 10.1 Å². The number of fused-ring (bicyclic) bond motifs is 1. The van der Waals surface area contributed by atoms with Gasteiger partial charge in [0.05, 0.1) is 5.71 Å². The fraction of sp³-hybridized carbons (Fsp3) is 0.231. The van der Waals surface area contributed by atoms with E-state index in [1.54, 1.807) is 0 Å². The summed E-state index contributed by atoms with van der Waals surface area (Å²) in [5.74, 6) is -0.740. The Kier molecular flexibility index (Phi) is 1.80. The predicted molar refractivity (Wildman–Crippen MR) is 70.7 cm³/mol. The Morgan fingerprint density at radius 1 is 1.56 bits per heavy atom. The average Bonchev–Trinajstić information content (AvgIpc) is 2.99. The highest BCUT2D eigenvalue weighted by Crippen LogP contribution is 2.59. The number of hydrogen-bond acceptors (Lipinski definition) is 3. The normalized spacial score (nSPS) is 31.4. The van der Waals surface area contributed by atoms with Crippen molar-refractivity contribution in [1.29, 1.82) is 0 Å². The second-order valence-electron chi connectivity index (χ2n) is 4.64. The number of aliphatic carboxylic acids is 1. The number of carboxylic acids is 1. The summed E-state index contributed by atoms with van der Waals surface area (Å²) in [6.45, 7) is 0. The summed E-state index contributed by atoms with van der Waals surface area (Å²) < 4.78 is -0.354. The Labute approximate surface area is 108 Å². The average molecular weight is 258 g/mol. The maximum absolute atomic E-state index is 11.2. The lowest BCUT2D eigenvalue weighted by atomic mass is 9.83. The molecule has 0 aromatic carbocycles. The first-order valence-corrected chi connectivity index (χ1v) is 6.64. The number of hydrogen-bond donors (Lipinski definition) is 2. The lowest BCUT2D eigenvalue weighted by Crippen LogP contribution is -2.30. The monoisotopic (exact) mass is 258 g/mol. The minimum Gasteiger partial charge on any atom is -0.480 e. The van der Waals surface area contributed by atoms with E-state index in [1.807, 2.05) is 30.6 Å². The molecule has 1 fully saturated rings. The first-order chi connectivity index (χ1) is 8.72. The zero-order valence-electron chi connectivity index (χ0n) is 9.38. The number of aromatic nitrogens is 1. The number of rotatable bonds is 1. The third kappa shape index (κ3) is 1.03. The van der Waals surface area contributed by atoms with Crippen LogP contribution in [0, 0.1) is 0 Å². The molecule has 2 aliphatic heterocycles. The second kappa shape index (κ2) is 3.17. The first-order valence-electron chi connectivity index (χ1n) is 5.76. The molecule has 1 aliphatic carbocycles. The van der Waals surface area contributed by atoms with Crippen LogP contribution in [0.4, 0.5) is 0 Å². The van der Waals surface area contributed by atoms with E-state index in [2.05, 4.69) is 9.98 Å². The van der Waals surface area contributed by atoms with E-state index in [-0.39, 0.29) is 10.00 Å². The van der Waals surface area contributed by atoms with E-state index in [0.717, 1.165) is 22.5 Å². The van der Waals surface area contributed by atoms with Crippen LogP contribution in [0.1, 0.15) is 17.7 Å². The van der Waals surface area contributed by atoms with E-state index < -0.39 is 5.97 Å². The molecular weight excluding hydrogens is 248 g/mol. The number of nitrogens with zero attached hydrogens (tertiary/aromatic N) is 1. The molecule has 2 unspecified atom stereocenters. The number of carboxylic acid groups (broad SMARTS) is 1. The predicted octanol–water partition coefficient (Wildman–Crippen LogP) is 2.17. The SMILES string of the molecule is O=C(O)C1CC2=CN=C3C=Cc4[nH]ccc4C23S1. The van der Waals surface area contributed by atoms with Crippen LogP contribution in [0.5, 0.6) is 0 Å². The summed E-state index contributed by atoms with van der Waals surface area (Å²) in [5, 5.41) is 8.86. The van der Waals surface area contributed by atoms with Crippen LogP contribution in [0.3, 0.4) is 0 Å². The molecule has 0 amide bonds. The van der Waals surface area contributed by atoms with Crippen LogP contribution >= 0.6 is 11.8 Å². The van der Waals surface area contributed by atoms with Gasteiger partial charge in [0.15, 0.2) is 0 Å². The van der Waals surface area contributed by atoms with Crippen molar-refractivity contribution in [3.8, 4) is 0 Å². The lowest BCUT2D eigenvalue weighted by Gasteiger charge is -2.29. The number of aliphatic imine (C=N–C) groups is 1. The quantitative estimate of drug-likeness (QED) is 0.811. The van der Waals surface area contributed by atoms with Gasteiger partial charge in [-0.2, -0.15) is 0 Å². The molecular formula is C13H10N2O2S. The molecule has 3 aliphatic rings. The molecule has 90 valence electrons. The zero-order valence-corrected chi connectivity index (χ0v) is 10.2. The van der Waals surface area contributed by atoms with Gasteiger partial charge in [0.1, 0.15) is 10.00 Å². The molecule has 4 nitrogen and oxygen atoms in total. The minimum atomic E-state index is -0.740. The van der Waals surface area contributed by atoms with Gasteiger partial charge in [0, 0.05) is 23.7 Å². The summed E-state index contributed by atoms with van der Waals surface area (Å²) in [4.78, 5) is 18.9. The fourth-order valence-corrected chi connectivity index (χ4v) is 4.57. The molecule has 1 aromatic heterocycles. The molecule has 4 rings (SSSR count). The van der Waals surface area contributed by atoms with Crippen LogP contribution in [0.2, 0.25) is 0 Å². The molecule has 0 radical (unpaired) electrons. The van der Waals surface area contributed by atoms with Crippen LogP contribution in [-0.2, 0) is 9.54 Å². The van der Waals surface area contributed by atoms with Gasteiger partial charge in [-0.15, -0.1) is 11.8 Å². The Balaban J connectivity index is 1.92. The van der Waals surface area contributed by atoms with Crippen molar-refractivity contribution in [2.75, 3.05) is 0 Å². The van der Waals surface area contributed by atoms with Crippen molar-refractivity contribution >= 4 is 29.5 Å². The second-order valence-corrected chi connectivity index (χ2v) is 6.05. The topological polar surface area (TPSA) is 65.4 Å². The van der Waals surface area contributed by atoms with Crippen molar-refractivity contribution in [2.45, 2.75) is 16.4 Å². The highest BCUT2D eigenvalue weighted by Gasteiger charge is 2.54. The molecule has 18 heavy (non-hydrogen) atoms. The standard InChI is InChI=1S/C13H10N2O2S/c16-12(17)10-5-7-6-15-11-2-1-9-8(3-4-14-9)13(7,11)18-10/h1-4,6,10,14H,5H2,(H,16,17). The van der Waals surface area contributed by atoms with Gasteiger partial charge in [-0.05, 0) is 30.2 Å². The van der Waals surface area contributed by atoms with Gasteiger partial charge in [-0.3, -0.25) is 9.79 Å². The lowest BCUT2D eigenvalue weighted by molar-refractivity contribution is -0.136. The number of thioether (sulfide) groups is 1. The van der Waals surface area contributed by atoms with Crippen LogP contribution < -0.4 is 0 Å². The van der Waals surface area contributed by atoms with Crippen LogP contribution in [0.15, 0.2) is 35.1 Å². The first kappa shape index (κ1) is 10.2.